The van der Waals surface area contributed by atoms with E-state index in [9.17, 15) is 0 Å². The molecule has 15 heavy (non-hydrogen) atoms. The second kappa shape index (κ2) is 4.85. The molecule has 1 aromatic rings. The summed E-state index contributed by atoms with van der Waals surface area (Å²) in [6.07, 6.45) is 4.21. The zero-order valence-electron chi connectivity index (χ0n) is 8.77. The zero-order chi connectivity index (χ0) is 9.54. The van der Waals surface area contributed by atoms with Crippen molar-refractivity contribution in [2.24, 2.45) is 0 Å². The Hall–Kier alpha value is 0.606. The van der Waals surface area contributed by atoms with E-state index in [1.807, 2.05) is 6.07 Å². The maximum atomic E-state index is 5.66. The van der Waals surface area contributed by atoms with Gasteiger partial charge in [-0.3, -0.25) is 0 Å². The van der Waals surface area contributed by atoms with Crippen LogP contribution in [0.15, 0.2) is 17.2 Å². The van der Waals surface area contributed by atoms with Crippen molar-refractivity contribution < 1.29 is 56.1 Å². The smallest absolute Gasteiger partial charge is 0.776 e. The van der Waals surface area contributed by atoms with Crippen LogP contribution in [0.3, 0.4) is 0 Å². The molecule has 74 valence electrons. The van der Waals surface area contributed by atoms with Gasteiger partial charge in [0.15, 0.2) is 5.82 Å². The summed E-state index contributed by atoms with van der Waals surface area (Å²) < 4.78 is 5.66. The molecule has 3 rings (SSSR count). The Balaban J connectivity index is 0.000000853. The number of aromatic nitrogens is 1. The maximum absolute atomic E-state index is 5.66. The van der Waals surface area contributed by atoms with Crippen LogP contribution in [0.25, 0.3) is 0 Å². The van der Waals surface area contributed by atoms with Gasteiger partial charge in [0.2, 0.25) is 0 Å². The van der Waals surface area contributed by atoms with Gasteiger partial charge in [-0.15, -0.1) is 4.90 Å². The molecule has 1 fully saturated rings. The first-order valence-electron chi connectivity index (χ1n) is 4.92. The molecule has 0 aliphatic carbocycles. The number of ether oxygens (including phenoxy) is 1. The molecule has 0 aromatic carbocycles. The molecule has 0 bridgehead atoms. The van der Waals surface area contributed by atoms with Gasteiger partial charge in [-0.25, -0.2) is 4.98 Å². The third kappa shape index (κ3) is 2.06. The summed E-state index contributed by atoms with van der Waals surface area (Å²) in [4.78, 5) is 7.46. The van der Waals surface area contributed by atoms with Gasteiger partial charge in [-0.2, -0.15) is 0 Å². The van der Waals surface area contributed by atoms with Crippen molar-refractivity contribution in [3.63, 3.8) is 0 Å². The first kappa shape index (κ1) is 12.1. The number of fused-ring (bicyclic) bond motifs is 3. The van der Waals surface area contributed by atoms with Gasteiger partial charge in [-0.05, 0) is 12.8 Å². The average Bonchev–Trinajstić information content (AvgIpc) is 2.66. The van der Waals surface area contributed by atoms with Gasteiger partial charge in [-0.1, -0.05) is 6.07 Å². The molecule has 5 heteroatoms. The standard InChI is InChI=1S/C10H12N2OS.K/c14-8-3-4-11-10-9(8)13-6-7-2-1-5-12(7)10;/h3-4,7H,1-2,5-6H2,(H,11,14);/q;+1/p-1/t7-;/m0./s1. The molecule has 0 N–H and O–H groups in total. The number of hydrogen-bond acceptors (Lipinski definition) is 4. The Morgan fingerprint density at radius 1 is 1.53 bits per heavy atom. The summed E-state index contributed by atoms with van der Waals surface area (Å²) in [6, 6.07) is 2.34. The van der Waals surface area contributed by atoms with Crippen molar-refractivity contribution in [3.8, 4) is 5.75 Å². The fourth-order valence-electron chi connectivity index (χ4n) is 2.23. The van der Waals surface area contributed by atoms with E-state index in [4.69, 9.17) is 17.4 Å². The van der Waals surface area contributed by atoms with Crippen molar-refractivity contribution in [1.82, 2.24) is 4.98 Å². The molecule has 3 heterocycles. The van der Waals surface area contributed by atoms with Crippen LogP contribution in [0.4, 0.5) is 5.82 Å². The minimum atomic E-state index is 0. The molecular weight excluding hydrogens is 235 g/mol. The van der Waals surface area contributed by atoms with Gasteiger partial charge >= 0.3 is 51.4 Å². The number of rotatable bonds is 0. The molecule has 1 saturated heterocycles. The van der Waals surface area contributed by atoms with E-state index in [1.54, 1.807) is 6.20 Å². The summed E-state index contributed by atoms with van der Waals surface area (Å²) in [5.74, 6) is 1.76. The molecule has 0 amide bonds. The van der Waals surface area contributed by atoms with Gasteiger partial charge < -0.3 is 22.3 Å². The molecule has 0 radical (unpaired) electrons. The van der Waals surface area contributed by atoms with Crippen LogP contribution < -0.4 is 61.0 Å². The van der Waals surface area contributed by atoms with E-state index >= 15 is 0 Å². The minimum Gasteiger partial charge on any atom is -0.776 e. The number of nitrogens with zero attached hydrogens (tertiary/aromatic N) is 2. The quantitative estimate of drug-likeness (QED) is 0.405. The van der Waals surface area contributed by atoms with Crippen LogP contribution in [0.2, 0.25) is 0 Å². The summed E-state index contributed by atoms with van der Waals surface area (Å²) in [7, 11) is 0. The van der Waals surface area contributed by atoms with Crippen LogP contribution in [0.1, 0.15) is 12.8 Å². The Morgan fingerprint density at radius 2 is 2.40 bits per heavy atom. The van der Waals surface area contributed by atoms with Crippen LogP contribution in [-0.4, -0.2) is 24.2 Å². The predicted molar refractivity (Wildman–Crippen MR) is 55.7 cm³/mol. The Bertz CT molecular complexity index is 374. The molecule has 1 aromatic heterocycles. The minimum absolute atomic E-state index is 0. The maximum Gasteiger partial charge on any atom is 1.00 e. The number of anilines is 1. The average molecular weight is 246 g/mol. The molecule has 2 aliphatic rings. The van der Waals surface area contributed by atoms with Gasteiger partial charge in [0.05, 0.1) is 6.04 Å². The SMILES string of the molecule is [K+].[S-]c1ccnc2c1OC[C@@H]1CCCN21. The van der Waals surface area contributed by atoms with Crippen LogP contribution in [-0.2, 0) is 12.6 Å². The van der Waals surface area contributed by atoms with Gasteiger partial charge in [0.1, 0.15) is 12.4 Å². The molecule has 1 atom stereocenters. The van der Waals surface area contributed by atoms with E-state index in [0.717, 1.165) is 29.6 Å². The molecule has 0 spiro atoms. The van der Waals surface area contributed by atoms with Crippen molar-refractivity contribution >= 4 is 18.4 Å². The molecule has 0 saturated carbocycles. The predicted octanol–water partition coefficient (Wildman–Crippen LogP) is -1.65. The summed E-state index contributed by atoms with van der Waals surface area (Å²) in [6.45, 7) is 1.86. The van der Waals surface area contributed by atoms with E-state index in [0.29, 0.717) is 6.04 Å². The van der Waals surface area contributed by atoms with Crippen LogP contribution in [0.5, 0.6) is 5.75 Å². The molecule has 0 unspecified atom stereocenters. The zero-order valence-corrected chi connectivity index (χ0v) is 12.7. The van der Waals surface area contributed by atoms with Crippen molar-refractivity contribution in [2.45, 2.75) is 23.8 Å². The van der Waals surface area contributed by atoms with Crippen LogP contribution >= 0.6 is 0 Å². The topological polar surface area (TPSA) is 25.4 Å². The first-order valence-corrected chi connectivity index (χ1v) is 5.32. The monoisotopic (exact) mass is 246 g/mol. The normalized spacial score (nSPS) is 22.4. The number of hydrogen-bond donors (Lipinski definition) is 0. The Labute approximate surface area is 137 Å². The summed E-state index contributed by atoms with van der Waals surface area (Å²) >= 11 is 5.21. The Kier molecular flexibility index (Phi) is 3.91. The number of pyridine rings is 1. The third-order valence-electron chi connectivity index (χ3n) is 2.92. The first-order chi connectivity index (χ1) is 6.86. The van der Waals surface area contributed by atoms with E-state index < -0.39 is 0 Å². The largest absolute Gasteiger partial charge is 1.00 e. The fourth-order valence-corrected chi connectivity index (χ4v) is 2.44. The summed E-state index contributed by atoms with van der Waals surface area (Å²) in [5.41, 5.74) is 0. The van der Waals surface area contributed by atoms with Crippen LogP contribution in [0, 0.1) is 0 Å². The summed E-state index contributed by atoms with van der Waals surface area (Å²) in [5, 5.41) is 0. The molecule has 3 nitrogen and oxygen atoms in total. The van der Waals surface area contributed by atoms with Crippen molar-refractivity contribution in [1.29, 1.82) is 0 Å². The second-order valence-corrected chi connectivity index (χ2v) is 4.20. The third-order valence-corrected chi connectivity index (χ3v) is 3.24. The van der Waals surface area contributed by atoms with Gasteiger partial charge in [0, 0.05) is 12.7 Å². The van der Waals surface area contributed by atoms with E-state index in [-0.39, 0.29) is 51.4 Å². The van der Waals surface area contributed by atoms with Crippen molar-refractivity contribution in [3.05, 3.63) is 12.3 Å². The van der Waals surface area contributed by atoms with E-state index in [2.05, 4.69) is 9.88 Å². The van der Waals surface area contributed by atoms with Crippen molar-refractivity contribution in [2.75, 3.05) is 18.1 Å². The Morgan fingerprint density at radius 3 is 3.27 bits per heavy atom. The second-order valence-electron chi connectivity index (χ2n) is 3.76. The molecule has 2 aliphatic heterocycles. The molecular formula is C10H11KN2OS. The van der Waals surface area contributed by atoms with Gasteiger partial charge in [0.25, 0.3) is 0 Å². The fraction of sp³-hybridized carbons (Fsp3) is 0.500. The van der Waals surface area contributed by atoms with E-state index in [1.165, 1.54) is 12.8 Å².